The third-order valence-electron chi connectivity index (χ3n) is 2.83. The molecule has 0 heterocycles. The van der Waals surface area contributed by atoms with E-state index in [1.54, 1.807) is 24.3 Å². The molecule has 2 unspecified atom stereocenters. The molecule has 1 aromatic rings. The van der Waals surface area contributed by atoms with Crippen LogP contribution in [-0.2, 0) is 4.79 Å². The van der Waals surface area contributed by atoms with E-state index in [0.717, 1.165) is 12.2 Å². The highest BCUT2D eigenvalue weighted by molar-refractivity contribution is 5.71. The van der Waals surface area contributed by atoms with Crippen LogP contribution in [0.5, 0.6) is 5.75 Å². The first kappa shape index (κ1) is 14.5. The highest BCUT2D eigenvalue weighted by atomic mass is 16.5. The van der Waals surface area contributed by atoms with Crippen LogP contribution in [0.1, 0.15) is 38.4 Å². The lowest BCUT2D eigenvalue weighted by molar-refractivity contribution is -0.146. The van der Waals surface area contributed by atoms with Crippen LogP contribution >= 0.6 is 0 Å². The van der Waals surface area contributed by atoms with Gasteiger partial charge in [0.1, 0.15) is 5.75 Å². The van der Waals surface area contributed by atoms with Crippen molar-refractivity contribution >= 4 is 5.97 Å². The van der Waals surface area contributed by atoms with E-state index in [-0.39, 0.29) is 0 Å². The van der Waals surface area contributed by atoms with Crippen LogP contribution in [0, 0.1) is 5.92 Å². The van der Waals surface area contributed by atoms with Crippen molar-refractivity contribution in [3.05, 3.63) is 29.8 Å². The second kappa shape index (κ2) is 7.01. The average molecular weight is 252 g/mol. The number of aliphatic hydroxyl groups excluding tert-OH is 1. The fourth-order valence-electron chi connectivity index (χ4n) is 1.89. The van der Waals surface area contributed by atoms with Gasteiger partial charge in [-0.2, -0.15) is 0 Å². The summed E-state index contributed by atoms with van der Waals surface area (Å²) in [5.41, 5.74) is 0.610. The number of carboxylic acid groups (broad SMARTS) is 1. The second-order valence-corrected chi connectivity index (χ2v) is 4.18. The first-order chi connectivity index (χ1) is 8.60. The van der Waals surface area contributed by atoms with Crippen molar-refractivity contribution in [1.82, 2.24) is 0 Å². The Labute approximate surface area is 107 Å². The van der Waals surface area contributed by atoms with E-state index in [1.807, 2.05) is 13.8 Å². The second-order valence-electron chi connectivity index (χ2n) is 4.18. The molecule has 2 N–H and O–H groups in total. The van der Waals surface area contributed by atoms with E-state index in [1.165, 1.54) is 0 Å². The van der Waals surface area contributed by atoms with Gasteiger partial charge in [-0.05, 0) is 31.0 Å². The van der Waals surface area contributed by atoms with Gasteiger partial charge in [0.05, 0.1) is 18.6 Å². The largest absolute Gasteiger partial charge is 0.494 e. The lowest BCUT2D eigenvalue weighted by Gasteiger charge is -2.19. The van der Waals surface area contributed by atoms with Gasteiger partial charge in [-0.3, -0.25) is 4.79 Å². The lowest BCUT2D eigenvalue weighted by Crippen LogP contribution is -2.21. The van der Waals surface area contributed by atoms with E-state index < -0.39 is 18.0 Å². The Morgan fingerprint density at radius 1 is 1.28 bits per heavy atom. The quantitative estimate of drug-likeness (QED) is 0.782. The van der Waals surface area contributed by atoms with E-state index in [9.17, 15) is 9.90 Å². The Morgan fingerprint density at radius 3 is 2.33 bits per heavy atom. The zero-order valence-electron chi connectivity index (χ0n) is 10.8. The molecule has 0 aliphatic rings. The Hall–Kier alpha value is -1.55. The van der Waals surface area contributed by atoms with Gasteiger partial charge in [-0.15, -0.1) is 0 Å². The summed E-state index contributed by atoms with van der Waals surface area (Å²) < 4.78 is 5.30. The fraction of sp³-hybridized carbons (Fsp3) is 0.500. The van der Waals surface area contributed by atoms with Crippen molar-refractivity contribution in [3.63, 3.8) is 0 Å². The molecule has 0 amide bonds. The van der Waals surface area contributed by atoms with E-state index >= 15 is 0 Å². The lowest BCUT2D eigenvalue weighted by atomic mass is 9.92. The third-order valence-corrected chi connectivity index (χ3v) is 2.83. The minimum atomic E-state index is -0.974. The molecule has 1 rings (SSSR count). The molecular formula is C14H20O4. The van der Waals surface area contributed by atoms with Crippen LogP contribution in [0.3, 0.4) is 0 Å². The molecule has 4 nitrogen and oxygen atoms in total. The number of rotatable bonds is 7. The van der Waals surface area contributed by atoms with Gasteiger partial charge in [-0.25, -0.2) is 0 Å². The van der Waals surface area contributed by atoms with E-state index in [4.69, 9.17) is 9.84 Å². The number of hydrogen-bond acceptors (Lipinski definition) is 3. The normalized spacial score (nSPS) is 13.9. The summed E-state index contributed by atoms with van der Waals surface area (Å²) in [4.78, 5) is 11.1. The summed E-state index contributed by atoms with van der Waals surface area (Å²) in [6.07, 6.45) is 0.215. The van der Waals surface area contributed by atoms with Crippen molar-refractivity contribution in [2.75, 3.05) is 6.61 Å². The molecule has 2 atom stereocenters. The average Bonchev–Trinajstić information content (AvgIpc) is 2.36. The summed E-state index contributed by atoms with van der Waals surface area (Å²) in [5.74, 6) is -0.998. The molecule has 0 spiro atoms. The highest BCUT2D eigenvalue weighted by Crippen LogP contribution is 2.27. The molecule has 0 bridgehead atoms. The predicted molar refractivity (Wildman–Crippen MR) is 68.6 cm³/mol. The van der Waals surface area contributed by atoms with Crippen molar-refractivity contribution in [2.45, 2.75) is 32.8 Å². The molecule has 0 aromatic heterocycles. The first-order valence-corrected chi connectivity index (χ1v) is 6.23. The molecule has 4 heteroatoms. The number of hydrogen-bond donors (Lipinski definition) is 2. The van der Waals surface area contributed by atoms with Crippen LogP contribution < -0.4 is 4.74 Å². The number of carbonyl (C=O) groups is 1. The van der Waals surface area contributed by atoms with Gasteiger partial charge in [0.2, 0.25) is 0 Å². The van der Waals surface area contributed by atoms with Gasteiger partial charge in [-0.1, -0.05) is 25.5 Å². The number of ether oxygens (including phenoxy) is 1. The first-order valence-electron chi connectivity index (χ1n) is 6.23. The smallest absolute Gasteiger partial charge is 0.309 e. The highest BCUT2D eigenvalue weighted by Gasteiger charge is 2.26. The molecule has 0 aliphatic heterocycles. The van der Waals surface area contributed by atoms with Crippen molar-refractivity contribution in [1.29, 1.82) is 0 Å². The summed E-state index contributed by atoms with van der Waals surface area (Å²) in [6.45, 7) is 4.38. The Morgan fingerprint density at radius 2 is 1.89 bits per heavy atom. The van der Waals surface area contributed by atoms with Crippen molar-refractivity contribution in [3.8, 4) is 5.75 Å². The SMILES string of the molecule is CCCC(C(=O)O)C(O)c1ccc(OCC)cc1. The molecule has 18 heavy (non-hydrogen) atoms. The van der Waals surface area contributed by atoms with Gasteiger partial charge < -0.3 is 14.9 Å². The maximum atomic E-state index is 11.1. The molecule has 0 aliphatic carbocycles. The summed E-state index contributed by atoms with van der Waals surface area (Å²) >= 11 is 0. The zero-order valence-corrected chi connectivity index (χ0v) is 10.8. The number of aliphatic hydroxyl groups is 1. The van der Waals surface area contributed by atoms with E-state index in [2.05, 4.69) is 0 Å². The fourth-order valence-corrected chi connectivity index (χ4v) is 1.89. The van der Waals surface area contributed by atoms with Gasteiger partial charge in [0, 0.05) is 0 Å². The Balaban J connectivity index is 2.81. The van der Waals surface area contributed by atoms with Gasteiger partial charge in [0.25, 0.3) is 0 Å². The molecule has 0 fully saturated rings. The topological polar surface area (TPSA) is 66.8 Å². The van der Waals surface area contributed by atoms with Crippen molar-refractivity contribution < 1.29 is 19.7 Å². The molecule has 100 valence electrons. The maximum Gasteiger partial charge on any atom is 0.309 e. The summed E-state index contributed by atoms with van der Waals surface area (Å²) in [5, 5.41) is 19.2. The number of benzene rings is 1. The van der Waals surface area contributed by atoms with Gasteiger partial charge >= 0.3 is 5.97 Å². The minimum absolute atomic E-state index is 0.462. The minimum Gasteiger partial charge on any atom is -0.494 e. The number of aliphatic carboxylic acids is 1. The Bertz CT molecular complexity index is 372. The van der Waals surface area contributed by atoms with Crippen LogP contribution in [-0.4, -0.2) is 22.8 Å². The zero-order chi connectivity index (χ0) is 13.5. The van der Waals surface area contributed by atoms with Crippen LogP contribution in [0.2, 0.25) is 0 Å². The monoisotopic (exact) mass is 252 g/mol. The summed E-state index contributed by atoms with van der Waals surface area (Å²) in [6, 6.07) is 6.91. The Kier molecular flexibility index (Phi) is 5.65. The van der Waals surface area contributed by atoms with Crippen LogP contribution in [0.4, 0.5) is 0 Å². The standard InChI is InChI=1S/C14H20O4/c1-3-5-12(14(16)17)13(15)10-6-8-11(9-7-10)18-4-2/h6-9,12-13,15H,3-5H2,1-2H3,(H,16,17). The molecule has 0 saturated heterocycles. The predicted octanol–water partition coefficient (Wildman–Crippen LogP) is 2.62. The number of carboxylic acids is 1. The van der Waals surface area contributed by atoms with Crippen molar-refractivity contribution in [2.24, 2.45) is 5.92 Å². The summed E-state index contributed by atoms with van der Waals surface area (Å²) in [7, 11) is 0. The van der Waals surface area contributed by atoms with Crippen LogP contribution in [0.25, 0.3) is 0 Å². The third kappa shape index (κ3) is 3.74. The van der Waals surface area contributed by atoms with Gasteiger partial charge in [0.15, 0.2) is 0 Å². The molecule has 0 radical (unpaired) electrons. The molecular weight excluding hydrogens is 232 g/mol. The molecule has 1 aromatic carbocycles. The van der Waals surface area contributed by atoms with Crippen LogP contribution in [0.15, 0.2) is 24.3 Å². The molecule has 0 saturated carbocycles. The van der Waals surface area contributed by atoms with E-state index in [0.29, 0.717) is 18.6 Å². The maximum absolute atomic E-state index is 11.1.